The van der Waals surface area contributed by atoms with Gasteiger partial charge in [0.2, 0.25) is 0 Å². The second kappa shape index (κ2) is 7.10. The van der Waals surface area contributed by atoms with Gasteiger partial charge in [0, 0.05) is 16.2 Å². The molecule has 2 aromatic carbocycles. The Morgan fingerprint density at radius 1 is 1.18 bits per heavy atom. The van der Waals surface area contributed by atoms with Crippen LogP contribution in [0.4, 0.5) is 11.4 Å². The van der Waals surface area contributed by atoms with E-state index in [0.29, 0.717) is 5.69 Å². The SMILES string of the molecule is O=C(NC(=S)Nc1cccc(Br)c1)c1ccccc1[N+](=O)[O-]. The number of hydrogen-bond acceptors (Lipinski definition) is 4. The lowest BCUT2D eigenvalue weighted by Gasteiger charge is -2.10. The molecule has 112 valence electrons. The highest BCUT2D eigenvalue weighted by Gasteiger charge is 2.19. The third-order valence-electron chi connectivity index (χ3n) is 2.65. The second-order valence-electron chi connectivity index (χ2n) is 4.19. The summed E-state index contributed by atoms with van der Waals surface area (Å²) >= 11 is 8.36. The Hall–Kier alpha value is -2.32. The highest BCUT2D eigenvalue weighted by molar-refractivity contribution is 9.10. The lowest BCUT2D eigenvalue weighted by atomic mass is 10.1. The predicted octanol–water partition coefficient (Wildman–Crippen LogP) is 3.48. The van der Waals surface area contributed by atoms with Gasteiger partial charge in [-0.3, -0.25) is 20.2 Å². The number of nitrogens with one attached hydrogen (secondary N) is 2. The van der Waals surface area contributed by atoms with Gasteiger partial charge in [-0.05, 0) is 36.5 Å². The molecule has 0 saturated carbocycles. The smallest absolute Gasteiger partial charge is 0.282 e. The molecule has 0 heterocycles. The third-order valence-corrected chi connectivity index (χ3v) is 3.35. The number of nitro benzene ring substituents is 1. The summed E-state index contributed by atoms with van der Waals surface area (Å²) in [6, 6.07) is 12.9. The Morgan fingerprint density at radius 2 is 1.91 bits per heavy atom. The standard InChI is InChI=1S/C14H10BrN3O3S/c15-9-4-3-5-10(8-9)16-14(22)17-13(19)11-6-1-2-7-12(11)18(20)21/h1-8H,(H2,16,17,19,22). The Labute approximate surface area is 139 Å². The lowest BCUT2D eigenvalue weighted by molar-refractivity contribution is -0.385. The van der Waals surface area contributed by atoms with Gasteiger partial charge in [0.1, 0.15) is 5.56 Å². The number of amides is 1. The zero-order valence-electron chi connectivity index (χ0n) is 11.1. The number of anilines is 1. The van der Waals surface area contributed by atoms with Crippen LogP contribution in [-0.4, -0.2) is 15.9 Å². The highest BCUT2D eigenvalue weighted by atomic mass is 79.9. The molecule has 6 nitrogen and oxygen atoms in total. The van der Waals surface area contributed by atoms with Crippen LogP contribution in [0.25, 0.3) is 0 Å². The Morgan fingerprint density at radius 3 is 2.59 bits per heavy atom. The molecule has 2 N–H and O–H groups in total. The number of nitro groups is 1. The van der Waals surface area contributed by atoms with Crippen molar-refractivity contribution in [1.82, 2.24) is 5.32 Å². The van der Waals surface area contributed by atoms with Gasteiger partial charge in [-0.2, -0.15) is 0 Å². The third kappa shape index (κ3) is 4.09. The van der Waals surface area contributed by atoms with E-state index in [-0.39, 0.29) is 16.4 Å². The topological polar surface area (TPSA) is 84.3 Å². The van der Waals surface area contributed by atoms with Gasteiger partial charge in [-0.1, -0.05) is 34.1 Å². The van der Waals surface area contributed by atoms with Gasteiger partial charge >= 0.3 is 0 Å². The summed E-state index contributed by atoms with van der Waals surface area (Å²) in [5.74, 6) is -0.639. The summed E-state index contributed by atoms with van der Waals surface area (Å²) in [4.78, 5) is 22.4. The van der Waals surface area contributed by atoms with Crippen LogP contribution in [0.3, 0.4) is 0 Å². The lowest BCUT2D eigenvalue weighted by Crippen LogP contribution is -2.34. The molecule has 0 atom stereocenters. The summed E-state index contributed by atoms with van der Waals surface area (Å²) < 4.78 is 0.852. The van der Waals surface area contributed by atoms with Crippen molar-refractivity contribution in [2.45, 2.75) is 0 Å². The van der Waals surface area contributed by atoms with Gasteiger partial charge in [0.05, 0.1) is 4.92 Å². The van der Waals surface area contributed by atoms with Crippen LogP contribution >= 0.6 is 28.1 Å². The van der Waals surface area contributed by atoms with E-state index in [2.05, 4.69) is 26.6 Å². The molecule has 0 aromatic heterocycles. The zero-order chi connectivity index (χ0) is 16.1. The van der Waals surface area contributed by atoms with Crippen molar-refractivity contribution in [2.24, 2.45) is 0 Å². The molecule has 0 aliphatic carbocycles. The minimum atomic E-state index is -0.639. The van der Waals surface area contributed by atoms with E-state index in [1.807, 2.05) is 6.07 Å². The van der Waals surface area contributed by atoms with E-state index in [9.17, 15) is 14.9 Å². The van der Waals surface area contributed by atoms with E-state index in [0.717, 1.165) is 4.47 Å². The first-order valence-corrected chi connectivity index (χ1v) is 7.29. The number of carbonyl (C=O) groups excluding carboxylic acids is 1. The van der Waals surface area contributed by atoms with Crippen LogP contribution in [0.5, 0.6) is 0 Å². The normalized spacial score (nSPS) is 9.86. The average Bonchev–Trinajstić information content (AvgIpc) is 2.47. The maximum atomic E-state index is 12.1. The molecule has 0 spiro atoms. The Bertz CT molecular complexity index is 752. The number of nitrogens with zero attached hydrogens (tertiary/aromatic N) is 1. The first-order valence-electron chi connectivity index (χ1n) is 6.08. The molecule has 2 aromatic rings. The number of para-hydroxylation sites is 1. The fourth-order valence-corrected chi connectivity index (χ4v) is 2.33. The molecule has 0 saturated heterocycles. The maximum absolute atomic E-state index is 12.1. The molecule has 0 aliphatic rings. The minimum Gasteiger partial charge on any atom is -0.332 e. The van der Waals surface area contributed by atoms with Crippen LogP contribution in [0.15, 0.2) is 53.0 Å². The molecular weight excluding hydrogens is 370 g/mol. The number of thiocarbonyl (C=S) groups is 1. The summed E-state index contributed by atoms with van der Waals surface area (Å²) in [5, 5.41) is 16.2. The molecule has 2 rings (SSSR count). The van der Waals surface area contributed by atoms with Crippen molar-refractivity contribution >= 4 is 50.5 Å². The van der Waals surface area contributed by atoms with E-state index >= 15 is 0 Å². The number of rotatable bonds is 3. The molecule has 8 heteroatoms. The highest BCUT2D eigenvalue weighted by Crippen LogP contribution is 2.18. The van der Waals surface area contributed by atoms with Gasteiger partial charge < -0.3 is 5.32 Å². The van der Waals surface area contributed by atoms with E-state index in [1.54, 1.807) is 24.3 Å². The van der Waals surface area contributed by atoms with Crippen molar-refractivity contribution in [2.75, 3.05) is 5.32 Å². The van der Waals surface area contributed by atoms with Crippen LogP contribution in [0.1, 0.15) is 10.4 Å². The van der Waals surface area contributed by atoms with Gasteiger partial charge in [0.15, 0.2) is 5.11 Å². The van der Waals surface area contributed by atoms with Crippen LogP contribution < -0.4 is 10.6 Å². The molecule has 0 unspecified atom stereocenters. The summed E-state index contributed by atoms with van der Waals surface area (Å²) in [7, 11) is 0. The fourth-order valence-electron chi connectivity index (χ4n) is 1.72. The largest absolute Gasteiger partial charge is 0.332 e. The van der Waals surface area contributed by atoms with Crippen molar-refractivity contribution < 1.29 is 9.72 Å². The zero-order valence-corrected chi connectivity index (χ0v) is 13.5. The maximum Gasteiger partial charge on any atom is 0.282 e. The molecule has 0 fully saturated rings. The Kier molecular flexibility index (Phi) is 5.18. The molecule has 0 bridgehead atoms. The summed E-state index contributed by atoms with van der Waals surface area (Å²) in [5.41, 5.74) is 0.360. The van der Waals surface area contributed by atoms with E-state index < -0.39 is 10.8 Å². The number of hydrogen-bond donors (Lipinski definition) is 2. The number of carbonyl (C=O) groups is 1. The Balaban J connectivity index is 2.09. The monoisotopic (exact) mass is 379 g/mol. The van der Waals surface area contributed by atoms with Crippen LogP contribution in [-0.2, 0) is 0 Å². The second-order valence-corrected chi connectivity index (χ2v) is 5.52. The molecular formula is C14H10BrN3O3S. The van der Waals surface area contributed by atoms with Crippen molar-refractivity contribution in [3.8, 4) is 0 Å². The van der Waals surface area contributed by atoms with Crippen molar-refractivity contribution in [3.05, 3.63) is 68.7 Å². The predicted molar refractivity (Wildman–Crippen MR) is 90.9 cm³/mol. The summed E-state index contributed by atoms with van der Waals surface area (Å²) in [6.07, 6.45) is 0. The first kappa shape index (κ1) is 16.1. The van der Waals surface area contributed by atoms with E-state index in [1.165, 1.54) is 18.2 Å². The number of benzene rings is 2. The van der Waals surface area contributed by atoms with Crippen molar-refractivity contribution in [3.63, 3.8) is 0 Å². The average molecular weight is 380 g/mol. The van der Waals surface area contributed by atoms with Gasteiger partial charge in [0.25, 0.3) is 11.6 Å². The number of halogens is 1. The minimum absolute atomic E-state index is 0.0501. The molecule has 22 heavy (non-hydrogen) atoms. The molecule has 1 amide bonds. The molecule has 0 aliphatic heterocycles. The summed E-state index contributed by atoms with van der Waals surface area (Å²) in [6.45, 7) is 0. The fraction of sp³-hybridized carbons (Fsp3) is 0. The van der Waals surface area contributed by atoms with E-state index in [4.69, 9.17) is 12.2 Å². The van der Waals surface area contributed by atoms with Crippen molar-refractivity contribution in [1.29, 1.82) is 0 Å². The molecule has 0 radical (unpaired) electrons. The van der Waals surface area contributed by atoms with Gasteiger partial charge in [-0.25, -0.2) is 0 Å². The van der Waals surface area contributed by atoms with Crippen LogP contribution in [0, 0.1) is 10.1 Å². The van der Waals surface area contributed by atoms with Crippen LogP contribution in [0.2, 0.25) is 0 Å². The van der Waals surface area contributed by atoms with Gasteiger partial charge in [-0.15, -0.1) is 0 Å². The quantitative estimate of drug-likeness (QED) is 0.484. The first-order chi connectivity index (χ1) is 10.5.